The molecule has 0 aromatic carbocycles. The van der Waals surface area contributed by atoms with Gasteiger partial charge in [0, 0.05) is 23.3 Å². The first-order valence-corrected chi connectivity index (χ1v) is 10.2. The fourth-order valence-electron chi connectivity index (χ4n) is 3.27. The molecule has 1 fully saturated rings. The standard InChI is InChI=1S/C19H25N3O5S/c1-5-12-13-6-14(28-8-11-7-20-9-21-11)15(22(13)16(12)23)17(24)26-10-27-18(25)19(2,3)4/h7,9,12-13H,5-6,8,10H2,1-4H3,(H,20,21). The Kier molecular flexibility index (Phi) is 5.83. The van der Waals surface area contributed by atoms with Crippen LogP contribution >= 0.6 is 11.8 Å². The van der Waals surface area contributed by atoms with Gasteiger partial charge in [0.2, 0.25) is 12.7 Å². The third-order valence-corrected chi connectivity index (χ3v) is 5.97. The van der Waals surface area contributed by atoms with Crippen molar-refractivity contribution in [3.05, 3.63) is 28.8 Å². The monoisotopic (exact) mass is 407 g/mol. The minimum Gasteiger partial charge on any atom is -0.427 e. The van der Waals surface area contributed by atoms with Crippen LogP contribution in [0, 0.1) is 11.3 Å². The van der Waals surface area contributed by atoms with Crippen LogP contribution in [0.3, 0.4) is 0 Å². The highest BCUT2D eigenvalue weighted by atomic mass is 32.2. The van der Waals surface area contributed by atoms with E-state index in [2.05, 4.69) is 9.97 Å². The number of rotatable bonds is 7. The molecule has 152 valence electrons. The topological polar surface area (TPSA) is 102 Å². The van der Waals surface area contributed by atoms with E-state index in [4.69, 9.17) is 9.47 Å². The summed E-state index contributed by atoms with van der Waals surface area (Å²) in [5.74, 6) is -0.638. The molecule has 1 aromatic rings. The number of hydrogen-bond donors (Lipinski definition) is 1. The van der Waals surface area contributed by atoms with Gasteiger partial charge in [-0.1, -0.05) is 6.92 Å². The molecule has 2 aliphatic heterocycles. The highest BCUT2D eigenvalue weighted by molar-refractivity contribution is 8.02. The highest BCUT2D eigenvalue weighted by Gasteiger charge is 2.54. The van der Waals surface area contributed by atoms with E-state index in [1.165, 1.54) is 16.7 Å². The molecule has 9 heteroatoms. The number of H-pyrrole nitrogens is 1. The summed E-state index contributed by atoms with van der Waals surface area (Å²) in [5.41, 5.74) is 0.445. The number of nitrogens with one attached hydrogen (secondary N) is 1. The summed E-state index contributed by atoms with van der Waals surface area (Å²) < 4.78 is 10.2. The van der Waals surface area contributed by atoms with E-state index in [1.807, 2.05) is 6.92 Å². The molecule has 1 aromatic heterocycles. The Bertz CT molecular complexity index is 797. The van der Waals surface area contributed by atoms with Gasteiger partial charge >= 0.3 is 11.9 Å². The van der Waals surface area contributed by atoms with Crippen LogP contribution in [0.4, 0.5) is 0 Å². The number of fused-ring (bicyclic) bond motifs is 1. The van der Waals surface area contributed by atoms with Crippen LogP contribution in [0.5, 0.6) is 0 Å². The molecule has 8 nitrogen and oxygen atoms in total. The van der Waals surface area contributed by atoms with Crippen LogP contribution < -0.4 is 0 Å². The summed E-state index contributed by atoms with van der Waals surface area (Å²) >= 11 is 1.48. The molecule has 3 heterocycles. The molecule has 2 unspecified atom stereocenters. The molecule has 0 radical (unpaired) electrons. The third kappa shape index (κ3) is 3.94. The first-order valence-electron chi connectivity index (χ1n) is 9.25. The van der Waals surface area contributed by atoms with Crippen LogP contribution in [0.15, 0.2) is 23.1 Å². The van der Waals surface area contributed by atoms with Crippen molar-refractivity contribution >= 4 is 29.6 Å². The molecule has 0 saturated carbocycles. The summed E-state index contributed by atoms with van der Waals surface area (Å²) in [7, 11) is 0. The van der Waals surface area contributed by atoms with Gasteiger partial charge in [0.25, 0.3) is 0 Å². The van der Waals surface area contributed by atoms with Gasteiger partial charge in [0.15, 0.2) is 0 Å². The Morgan fingerprint density at radius 2 is 2.11 bits per heavy atom. The number of aromatic amines is 1. The zero-order chi connectivity index (χ0) is 20.5. The second-order valence-electron chi connectivity index (χ2n) is 7.85. The van der Waals surface area contributed by atoms with Crippen molar-refractivity contribution in [2.24, 2.45) is 11.3 Å². The number of carbonyl (C=O) groups excluding carboxylic acids is 3. The van der Waals surface area contributed by atoms with Crippen LogP contribution in [0.25, 0.3) is 0 Å². The van der Waals surface area contributed by atoms with Crippen LogP contribution in [0.1, 0.15) is 46.2 Å². The molecule has 1 N–H and O–H groups in total. The van der Waals surface area contributed by atoms with Gasteiger partial charge in [-0.15, -0.1) is 11.8 Å². The molecular weight excluding hydrogens is 382 g/mol. The van der Waals surface area contributed by atoms with Crippen molar-refractivity contribution in [1.82, 2.24) is 14.9 Å². The van der Waals surface area contributed by atoms with Gasteiger partial charge in [-0.3, -0.25) is 9.59 Å². The van der Waals surface area contributed by atoms with E-state index in [9.17, 15) is 14.4 Å². The first-order chi connectivity index (χ1) is 13.2. The molecule has 0 spiro atoms. The Morgan fingerprint density at radius 3 is 2.71 bits per heavy atom. The number of thioether (sulfide) groups is 1. The number of carbonyl (C=O) groups is 3. The van der Waals surface area contributed by atoms with E-state index < -0.39 is 24.1 Å². The molecule has 1 saturated heterocycles. The normalized spacial score (nSPS) is 21.4. The SMILES string of the molecule is CCC1C(=O)N2C(C(=O)OCOC(=O)C(C)(C)C)=C(SCc3c[nH]cn3)CC12. The molecule has 1 amide bonds. The Labute approximate surface area is 168 Å². The van der Waals surface area contributed by atoms with Crippen molar-refractivity contribution in [3.8, 4) is 0 Å². The predicted molar refractivity (Wildman–Crippen MR) is 102 cm³/mol. The van der Waals surface area contributed by atoms with Gasteiger partial charge in [-0.05, 0) is 27.2 Å². The van der Waals surface area contributed by atoms with Gasteiger partial charge in [0.1, 0.15) is 5.70 Å². The lowest BCUT2D eigenvalue weighted by molar-refractivity contribution is -0.174. The largest absolute Gasteiger partial charge is 0.427 e. The summed E-state index contributed by atoms with van der Waals surface area (Å²) in [5, 5.41) is 0. The fraction of sp³-hybridized carbons (Fsp3) is 0.579. The van der Waals surface area contributed by atoms with E-state index in [0.29, 0.717) is 12.2 Å². The average Bonchev–Trinajstić information content (AvgIpc) is 3.25. The number of esters is 2. The van der Waals surface area contributed by atoms with Crippen molar-refractivity contribution in [1.29, 1.82) is 0 Å². The van der Waals surface area contributed by atoms with Gasteiger partial charge < -0.3 is 19.4 Å². The number of ether oxygens (including phenoxy) is 2. The molecule has 0 bridgehead atoms. The third-order valence-electron chi connectivity index (χ3n) is 4.83. The summed E-state index contributed by atoms with van der Waals surface area (Å²) in [6.45, 7) is 6.65. The van der Waals surface area contributed by atoms with E-state index in [-0.39, 0.29) is 23.6 Å². The number of β-lactam (4-membered cyclic amide) rings is 1. The number of aromatic nitrogens is 2. The van der Waals surface area contributed by atoms with Gasteiger partial charge in [-0.2, -0.15) is 0 Å². The zero-order valence-corrected chi connectivity index (χ0v) is 17.3. The van der Waals surface area contributed by atoms with Crippen LogP contribution in [-0.2, 0) is 29.6 Å². The molecule has 28 heavy (non-hydrogen) atoms. The maximum absolute atomic E-state index is 12.7. The fourth-order valence-corrected chi connectivity index (χ4v) is 4.36. The zero-order valence-electron chi connectivity index (χ0n) is 16.5. The van der Waals surface area contributed by atoms with Gasteiger partial charge in [-0.25, -0.2) is 9.78 Å². The lowest BCUT2D eigenvalue weighted by Gasteiger charge is -2.43. The average molecular weight is 407 g/mol. The number of imidazole rings is 1. The quantitative estimate of drug-likeness (QED) is 0.421. The Balaban J connectivity index is 1.69. The van der Waals surface area contributed by atoms with Crippen LogP contribution in [-0.4, -0.2) is 45.5 Å². The Hall–Kier alpha value is -2.29. The van der Waals surface area contributed by atoms with Crippen LogP contribution in [0.2, 0.25) is 0 Å². The van der Waals surface area contributed by atoms with E-state index >= 15 is 0 Å². The van der Waals surface area contributed by atoms with Crippen molar-refractivity contribution in [3.63, 3.8) is 0 Å². The lowest BCUT2D eigenvalue weighted by atomic mass is 9.85. The smallest absolute Gasteiger partial charge is 0.358 e. The minimum atomic E-state index is -0.684. The summed E-state index contributed by atoms with van der Waals surface area (Å²) in [6.07, 6.45) is 4.76. The Morgan fingerprint density at radius 1 is 1.36 bits per heavy atom. The molecular formula is C19H25N3O5S. The molecule has 3 rings (SSSR count). The first kappa shape index (κ1) is 20.4. The number of nitrogens with zero attached hydrogens (tertiary/aromatic N) is 2. The van der Waals surface area contributed by atoms with Crippen molar-refractivity contribution in [2.45, 2.75) is 52.3 Å². The number of amides is 1. The molecule has 0 aliphatic carbocycles. The predicted octanol–water partition coefficient (Wildman–Crippen LogP) is 2.59. The lowest BCUT2D eigenvalue weighted by Crippen LogP contribution is -2.58. The second-order valence-corrected chi connectivity index (χ2v) is 8.92. The highest BCUT2D eigenvalue weighted by Crippen LogP contribution is 2.47. The second kappa shape index (κ2) is 7.98. The van der Waals surface area contributed by atoms with E-state index in [0.717, 1.165) is 17.0 Å². The van der Waals surface area contributed by atoms with Gasteiger partial charge in [0.05, 0.1) is 29.4 Å². The molecule has 2 atom stereocenters. The van der Waals surface area contributed by atoms with Crippen molar-refractivity contribution in [2.75, 3.05) is 6.79 Å². The summed E-state index contributed by atoms with van der Waals surface area (Å²) in [4.78, 5) is 46.4. The van der Waals surface area contributed by atoms with E-state index in [1.54, 1.807) is 33.3 Å². The van der Waals surface area contributed by atoms with Crippen molar-refractivity contribution < 1.29 is 23.9 Å². The number of hydrogen-bond acceptors (Lipinski definition) is 7. The maximum atomic E-state index is 12.7. The molecule has 2 aliphatic rings. The summed E-state index contributed by atoms with van der Waals surface area (Å²) in [6, 6.07) is -0.00106. The maximum Gasteiger partial charge on any atom is 0.358 e. The minimum absolute atomic E-state index is 0.00106.